The van der Waals surface area contributed by atoms with Crippen LogP contribution in [0.2, 0.25) is 0 Å². The summed E-state index contributed by atoms with van der Waals surface area (Å²) in [4.78, 5) is 0.867. The fourth-order valence-corrected chi connectivity index (χ4v) is 3.52. The Bertz CT molecular complexity index is 798. The molecular weight excluding hydrogens is 278 g/mol. The zero-order chi connectivity index (χ0) is 14.7. The molecule has 106 valence electrons. The van der Waals surface area contributed by atoms with Crippen molar-refractivity contribution in [2.75, 3.05) is 0 Å². The van der Waals surface area contributed by atoms with Gasteiger partial charge in [-0.25, -0.2) is 0 Å². The second-order valence-electron chi connectivity index (χ2n) is 5.02. The van der Waals surface area contributed by atoms with Crippen LogP contribution in [0.25, 0.3) is 10.8 Å². The molecule has 2 N–H and O–H groups in total. The van der Waals surface area contributed by atoms with Crippen molar-refractivity contribution in [3.63, 3.8) is 0 Å². The Morgan fingerprint density at radius 1 is 0.810 bits per heavy atom. The summed E-state index contributed by atoms with van der Waals surface area (Å²) < 4.78 is 12.5. The number of benzene rings is 3. The molecule has 3 heteroatoms. The smallest absolute Gasteiger partial charge is 0.0574 e. The van der Waals surface area contributed by atoms with Gasteiger partial charge in [0.15, 0.2) is 0 Å². The number of hydrogen-bond donors (Lipinski definition) is 1. The highest BCUT2D eigenvalue weighted by Crippen LogP contribution is 2.20. The molecule has 0 saturated carbocycles. The van der Waals surface area contributed by atoms with Gasteiger partial charge >= 0.3 is 0 Å². The molecule has 0 aliphatic rings. The normalized spacial score (nSPS) is 12.4. The molecule has 0 fully saturated rings. The van der Waals surface area contributed by atoms with Crippen LogP contribution in [-0.4, -0.2) is 4.21 Å². The lowest BCUT2D eigenvalue weighted by molar-refractivity contribution is 0.682. The van der Waals surface area contributed by atoms with E-state index < -0.39 is 10.8 Å². The molecule has 0 spiro atoms. The van der Waals surface area contributed by atoms with Crippen LogP contribution in [0.4, 0.5) is 0 Å². The first-order valence-corrected chi connectivity index (χ1v) is 8.23. The molecule has 0 heterocycles. The number of fused-ring (bicyclic) bond motifs is 1. The average Bonchev–Trinajstić information content (AvgIpc) is 2.54. The molecule has 3 aromatic rings. The third kappa shape index (κ3) is 3.20. The monoisotopic (exact) mass is 295 g/mol. The largest absolute Gasteiger partial charge is 0.326 e. The summed E-state index contributed by atoms with van der Waals surface area (Å²) in [5.74, 6) is 0.520. The Balaban J connectivity index is 1.86. The van der Waals surface area contributed by atoms with Gasteiger partial charge in [0.25, 0.3) is 0 Å². The van der Waals surface area contributed by atoms with Gasteiger partial charge in [0.2, 0.25) is 0 Å². The molecule has 0 aromatic heterocycles. The summed E-state index contributed by atoms with van der Waals surface area (Å²) in [6.45, 7) is 0.510. The Morgan fingerprint density at radius 3 is 2.38 bits per heavy atom. The minimum atomic E-state index is -1.04. The van der Waals surface area contributed by atoms with E-state index in [4.69, 9.17) is 5.73 Å². The standard InChI is InChI=1S/C18H17NOS/c19-12-14-4-3-5-15(10-14)13-21(20)18-9-8-16-6-1-2-7-17(16)11-18/h1-11H,12-13,19H2. The van der Waals surface area contributed by atoms with Gasteiger partial charge in [0.1, 0.15) is 0 Å². The minimum absolute atomic E-state index is 0.510. The van der Waals surface area contributed by atoms with Gasteiger partial charge in [-0.2, -0.15) is 0 Å². The maximum absolute atomic E-state index is 12.5. The predicted molar refractivity (Wildman–Crippen MR) is 88.4 cm³/mol. The molecule has 0 radical (unpaired) electrons. The van der Waals surface area contributed by atoms with Crippen LogP contribution < -0.4 is 5.73 Å². The lowest BCUT2D eigenvalue weighted by atomic mass is 10.1. The predicted octanol–water partition coefficient (Wildman–Crippen LogP) is 3.61. The molecule has 21 heavy (non-hydrogen) atoms. The quantitative estimate of drug-likeness (QED) is 0.799. The fourth-order valence-electron chi connectivity index (χ4n) is 2.39. The van der Waals surface area contributed by atoms with Crippen molar-refractivity contribution in [1.29, 1.82) is 0 Å². The Hall–Kier alpha value is -1.97. The summed E-state index contributed by atoms with van der Waals surface area (Å²) in [5.41, 5.74) is 7.78. The number of nitrogens with two attached hydrogens (primary N) is 1. The van der Waals surface area contributed by atoms with Gasteiger partial charge in [0, 0.05) is 11.4 Å². The molecule has 0 aliphatic heterocycles. The van der Waals surface area contributed by atoms with Crippen molar-refractivity contribution in [3.05, 3.63) is 77.9 Å². The highest BCUT2D eigenvalue weighted by molar-refractivity contribution is 7.84. The van der Waals surface area contributed by atoms with Crippen molar-refractivity contribution >= 4 is 21.6 Å². The van der Waals surface area contributed by atoms with Gasteiger partial charge < -0.3 is 5.73 Å². The van der Waals surface area contributed by atoms with Crippen molar-refractivity contribution in [3.8, 4) is 0 Å². The van der Waals surface area contributed by atoms with Crippen molar-refractivity contribution in [2.45, 2.75) is 17.2 Å². The van der Waals surface area contributed by atoms with Crippen LogP contribution in [0.5, 0.6) is 0 Å². The van der Waals surface area contributed by atoms with E-state index in [0.717, 1.165) is 21.4 Å². The van der Waals surface area contributed by atoms with Gasteiger partial charge in [-0.05, 0) is 34.0 Å². The van der Waals surface area contributed by atoms with E-state index in [0.29, 0.717) is 12.3 Å². The van der Waals surface area contributed by atoms with E-state index in [1.54, 1.807) is 0 Å². The van der Waals surface area contributed by atoms with E-state index in [9.17, 15) is 4.21 Å². The second-order valence-corrected chi connectivity index (χ2v) is 6.47. The molecule has 2 nitrogen and oxygen atoms in total. The molecule has 0 bridgehead atoms. The van der Waals surface area contributed by atoms with Crippen molar-refractivity contribution < 1.29 is 4.21 Å². The zero-order valence-corrected chi connectivity index (χ0v) is 12.5. The van der Waals surface area contributed by atoms with Crippen LogP contribution in [0.3, 0.4) is 0 Å². The number of rotatable bonds is 4. The van der Waals surface area contributed by atoms with Crippen LogP contribution in [0.1, 0.15) is 11.1 Å². The fraction of sp³-hybridized carbons (Fsp3) is 0.111. The highest BCUT2D eigenvalue weighted by atomic mass is 32.2. The van der Waals surface area contributed by atoms with Gasteiger partial charge in [-0.15, -0.1) is 0 Å². The van der Waals surface area contributed by atoms with Gasteiger partial charge in [-0.3, -0.25) is 4.21 Å². The molecular formula is C18H17NOS. The van der Waals surface area contributed by atoms with Crippen LogP contribution in [0.15, 0.2) is 71.6 Å². The Morgan fingerprint density at radius 2 is 1.57 bits per heavy atom. The molecule has 0 saturated heterocycles. The van der Waals surface area contributed by atoms with Crippen molar-refractivity contribution in [2.24, 2.45) is 5.73 Å². The van der Waals surface area contributed by atoms with Crippen LogP contribution in [0, 0.1) is 0 Å². The molecule has 1 atom stereocenters. The van der Waals surface area contributed by atoms with Gasteiger partial charge in [0.05, 0.1) is 16.6 Å². The first-order chi connectivity index (χ1) is 10.3. The topological polar surface area (TPSA) is 43.1 Å². The first kappa shape index (κ1) is 14.0. The molecule has 0 aliphatic carbocycles. The first-order valence-electron chi connectivity index (χ1n) is 6.91. The summed E-state index contributed by atoms with van der Waals surface area (Å²) in [7, 11) is -1.04. The molecule has 3 rings (SSSR count). The summed E-state index contributed by atoms with van der Waals surface area (Å²) in [6, 6.07) is 22.1. The second kappa shape index (κ2) is 6.20. The van der Waals surface area contributed by atoms with E-state index in [2.05, 4.69) is 6.07 Å². The maximum Gasteiger partial charge on any atom is 0.0574 e. The van der Waals surface area contributed by atoms with E-state index >= 15 is 0 Å². The third-order valence-corrected chi connectivity index (χ3v) is 4.88. The van der Waals surface area contributed by atoms with E-state index in [1.807, 2.05) is 60.7 Å². The summed E-state index contributed by atoms with van der Waals surface area (Å²) in [6.07, 6.45) is 0. The van der Waals surface area contributed by atoms with E-state index in [-0.39, 0.29) is 0 Å². The summed E-state index contributed by atoms with van der Waals surface area (Å²) in [5, 5.41) is 2.29. The van der Waals surface area contributed by atoms with Crippen LogP contribution >= 0.6 is 0 Å². The molecule has 0 amide bonds. The highest BCUT2D eigenvalue weighted by Gasteiger charge is 2.06. The molecule has 3 aromatic carbocycles. The SMILES string of the molecule is NCc1cccc(CS(=O)c2ccc3ccccc3c2)c1. The average molecular weight is 295 g/mol. The zero-order valence-electron chi connectivity index (χ0n) is 11.7. The third-order valence-electron chi connectivity index (χ3n) is 3.51. The van der Waals surface area contributed by atoms with Crippen molar-refractivity contribution in [1.82, 2.24) is 0 Å². The molecule has 1 unspecified atom stereocenters. The Kier molecular flexibility index (Phi) is 4.13. The maximum atomic E-state index is 12.5. The summed E-state index contributed by atoms with van der Waals surface area (Å²) >= 11 is 0. The minimum Gasteiger partial charge on any atom is -0.326 e. The Labute approximate surface area is 127 Å². The lowest BCUT2D eigenvalue weighted by Crippen LogP contribution is -2.00. The number of hydrogen-bond acceptors (Lipinski definition) is 2. The lowest BCUT2D eigenvalue weighted by Gasteiger charge is -2.06. The van der Waals surface area contributed by atoms with E-state index in [1.165, 1.54) is 5.39 Å². The van der Waals surface area contributed by atoms with Crippen LogP contribution in [-0.2, 0) is 23.1 Å². The van der Waals surface area contributed by atoms with Gasteiger partial charge in [-0.1, -0.05) is 54.6 Å².